The number of thioether (sulfide) groups is 1. The largest absolute Gasteiger partial charge is 0.394 e. The number of fused-ring (bicyclic) bond motifs is 1. The summed E-state index contributed by atoms with van der Waals surface area (Å²) in [6.45, 7) is 9.74. The first-order chi connectivity index (χ1) is 13.6. The van der Waals surface area contributed by atoms with Crippen LogP contribution in [0.3, 0.4) is 0 Å². The number of hydrogen-bond donors (Lipinski definition) is 3. The van der Waals surface area contributed by atoms with Crippen LogP contribution in [0.5, 0.6) is 0 Å². The summed E-state index contributed by atoms with van der Waals surface area (Å²) in [4.78, 5) is 41.7. The van der Waals surface area contributed by atoms with Crippen molar-refractivity contribution in [3.63, 3.8) is 0 Å². The summed E-state index contributed by atoms with van der Waals surface area (Å²) < 4.78 is -0.626. The van der Waals surface area contributed by atoms with Gasteiger partial charge in [0, 0.05) is 18.3 Å². The van der Waals surface area contributed by atoms with Gasteiger partial charge < -0.3 is 20.6 Å². The number of amides is 3. The predicted molar refractivity (Wildman–Crippen MR) is 113 cm³/mol. The van der Waals surface area contributed by atoms with Crippen LogP contribution in [0.15, 0.2) is 0 Å². The number of nitrogens with zero attached hydrogens (tertiary/aromatic N) is 1. The van der Waals surface area contributed by atoms with Crippen molar-refractivity contribution in [3.8, 4) is 0 Å². The van der Waals surface area contributed by atoms with Gasteiger partial charge in [0.1, 0.15) is 6.04 Å². The van der Waals surface area contributed by atoms with Crippen molar-refractivity contribution in [2.75, 3.05) is 13.7 Å². The minimum absolute atomic E-state index is 0.0458. The Morgan fingerprint density at radius 2 is 1.97 bits per heavy atom. The van der Waals surface area contributed by atoms with E-state index >= 15 is 0 Å². The third-order valence-corrected chi connectivity index (χ3v) is 9.33. The van der Waals surface area contributed by atoms with Crippen molar-refractivity contribution in [2.45, 2.75) is 75.6 Å². The van der Waals surface area contributed by atoms with Crippen LogP contribution < -0.4 is 10.6 Å². The molecule has 0 radical (unpaired) electrons. The van der Waals surface area contributed by atoms with Crippen LogP contribution in [0.1, 0.15) is 47.5 Å². The standard InChI is InChI=1S/C21H35N3O4S/c1-7-11(4)13(9-25)24-17(19(27)23-10(2)3)21-12(5)8-14(29-21)15(18(26)22-6)16(21)20(24)28/h10-17,25H,7-9H2,1-6H3,(H,22,26)(H,23,27)/t11-,12?,13-,14+,15-,16-,17?,21?/m0/s1. The molecule has 3 aliphatic heterocycles. The monoisotopic (exact) mass is 425 g/mol. The quantitative estimate of drug-likeness (QED) is 0.565. The van der Waals surface area contributed by atoms with E-state index in [1.54, 1.807) is 23.7 Å². The number of likely N-dealkylation sites (tertiary alicyclic amines) is 1. The second-order valence-corrected chi connectivity index (χ2v) is 10.8. The number of hydrogen-bond acceptors (Lipinski definition) is 5. The van der Waals surface area contributed by atoms with Gasteiger partial charge in [0.25, 0.3) is 0 Å². The molecule has 3 amide bonds. The summed E-state index contributed by atoms with van der Waals surface area (Å²) in [6.07, 6.45) is 1.61. The normalized spacial score (nSPS) is 37.6. The van der Waals surface area contributed by atoms with E-state index in [2.05, 4.69) is 17.6 Å². The highest BCUT2D eigenvalue weighted by Crippen LogP contribution is 2.68. The highest BCUT2D eigenvalue weighted by molar-refractivity contribution is 8.02. The fraction of sp³-hybridized carbons (Fsp3) is 0.857. The summed E-state index contributed by atoms with van der Waals surface area (Å²) in [5.74, 6) is -1.21. The van der Waals surface area contributed by atoms with Crippen molar-refractivity contribution >= 4 is 29.5 Å². The van der Waals surface area contributed by atoms with E-state index in [4.69, 9.17) is 0 Å². The molecule has 3 saturated heterocycles. The van der Waals surface area contributed by atoms with Gasteiger partial charge >= 0.3 is 0 Å². The van der Waals surface area contributed by atoms with Gasteiger partial charge in [-0.05, 0) is 32.1 Å². The van der Waals surface area contributed by atoms with Gasteiger partial charge in [0.05, 0.1) is 29.2 Å². The maximum Gasteiger partial charge on any atom is 0.244 e. The summed E-state index contributed by atoms with van der Waals surface area (Å²) >= 11 is 1.66. The summed E-state index contributed by atoms with van der Waals surface area (Å²) in [7, 11) is 1.60. The molecule has 3 rings (SSSR count). The second kappa shape index (κ2) is 8.10. The van der Waals surface area contributed by atoms with Crippen LogP contribution in [0.2, 0.25) is 0 Å². The molecule has 29 heavy (non-hydrogen) atoms. The molecular weight excluding hydrogens is 390 g/mol. The Balaban J connectivity index is 2.13. The highest BCUT2D eigenvalue weighted by atomic mass is 32.2. The lowest BCUT2D eigenvalue weighted by molar-refractivity contribution is -0.144. The minimum Gasteiger partial charge on any atom is -0.394 e. The van der Waals surface area contributed by atoms with Crippen molar-refractivity contribution in [3.05, 3.63) is 0 Å². The fourth-order valence-electron chi connectivity index (χ4n) is 5.76. The number of rotatable bonds is 7. The fourth-order valence-corrected chi connectivity index (χ4v) is 8.17. The first-order valence-corrected chi connectivity index (χ1v) is 11.7. The smallest absolute Gasteiger partial charge is 0.244 e. The predicted octanol–water partition coefficient (Wildman–Crippen LogP) is 1.00. The van der Waals surface area contributed by atoms with Crippen molar-refractivity contribution in [1.82, 2.24) is 15.5 Å². The first kappa shape index (κ1) is 22.4. The van der Waals surface area contributed by atoms with Gasteiger partial charge in [-0.2, -0.15) is 0 Å². The maximum atomic E-state index is 13.8. The van der Waals surface area contributed by atoms with Gasteiger partial charge in [-0.3, -0.25) is 14.4 Å². The number of carbonyl (C=O) groups excluding carboxylic acids is 3. The third-order valence-electron chi connectivity index (χ3n) is 7.26. The Hall–Kier alpha value is -1.28. The molecule has 0 aliphatic carbocycles. The molecule has 3 aliphatic rings. The van der Waals surface area contributed by atoms with Crippen molar-refractivity contribution < 1.29 is 19.5 Å². The van der Waals surface area contributed by atoms with Gasteiger partial charge in [0.2, 0.25) is 17.7 Å². The highest BCUT2D eigenvalue weighted by Gasteiger charge is 2.76. The van der Waals surface area contributed by atoms with E-state index in [-0.39, 0.29) is 47.5 Å². The van der Waals surface area contributed by atoms with Crippen LogP contribution >= 0.6 is 11.8 Å². The van der Waals surface area contributed by atoms with Crippen LogP contribution in [0, 0.1) is 23.7 Å². The van der Waals surface area contributed by atoms with E-state index in [0.717, 1.165) is 12.8 Å². The Morgan fingerprint density at radius 3 is 2.48 bits per heavy atom. The molecular formula is C21H35N3O4S. The zero-order chi connectivity index (χ0) is 21.7. The Bertz CT molecular complexity index is 687. The number of carbonyl (C=O) groups is 3. The molecule has 0 aromatic carbocycles. The lowest BCUT2D eigenvalue weighted by atomic mass is 9.66. The Labute approximate surface area is 177 Å². The Kier molecular flexibility index (Phi) is 6.26. The first-order valence-electron chi connectivity index (χ1n) is 10.8. The molecule has 0 aromatic heterocycles. The van der Waals surface area contributed by atoms with Crippen LogP contribution in [0.4, 0.5) is 0 Å². The molecule has 3 fully saturated rings. The van der Waals surface area contributed by atoms with Gasteiger partial charge in [-0.15, -0.1) is 11.8 Å². The van der Waals surface area contributed by atoms with Crippen LogP contribution in [-0.4, -0.2) is 69.5 Å². The molecule has 0 aromatic rings. The average Bonchev–Trinajstić information content (AvgIpc) is 3.25. The molecule has 0 saturated carbocycles. The lowest BCUT2D eigenvalue weighted by Gasteiger charge is -2.41. The molecule has 1 spiro atoms. The summed E-state index contributed by atoms with van der Waals surface area (Å²) in [6, 6.07) is -1.17. The van der Waals surface area contributed by atoms with E-state index < -0.39 is 28.7 Å². The van der Waals surface area contributed by atoms with E-state index in [0.29, 0.717) is 0 Å². The topological polar surface area (TPSA) is 98.7 Å². The number of aliphatic hydroxyl groups is 1. The summed E-state index contributed by atoms with van der Waals surface area (Å²) in [5, 5.41) is 16.0. The van der Waals surface area contributed by atoms with Gasteiger partial charge in [-0.25, -0.2) is 0 Å². The lowest BCUT2D eigenvalue weighted by Crippen LogP contribution is -2.60. The van der Waals surface area contributed by atoms with Gasteiger partial charge in [0.15, 0.2) is 0 Å². The molecule has 3 unspecified atom stereocenters. The van der Waals surface area contributed by atoms with E-state index in [1.807, 2.05) is 27.7 Å². The molecule has 7 nitrogen and oxygen atoms in total. The SMILES string of the molecule is CC[C@H](C)[C@H](CO)N1C(=O)[C@@H]2[C@@H](C(=O)NC)[C@H]3CC(C)C2(S3)C1C(=O)NC(C)C. The molecule has 8 heteroatoms. The van der Waals surface area contributed by atoms with Crippen molar-refractivity contribution in [1.29, 1.82) is 0 Å². The second-order valence-electron chi connectivity index (χ2n) is 9.21. The molecule has 164 valence electrons. The zero-order valence-corrected chi connectivity index (χ0v) is 19.1. The van der Waals surface area contributed by atoms with Crippen LogP contribution in [-0.2, 0) is 14.4 Å². The van der Waals surface area contributed by atoms with E-state index in [1.165, 1.54) is 0 Å². The third kappa shape index (κ3) is 3.17. The molecule has 8 atom stereocenters. The van der Waals surface area contributed by atoms with E-state index in [9.17, 15) is 19.5 Å². The van der Waals surface area contributed by atoms with Crippen molar-refractivity contribution in [2.24, 2.45) is 23.7 Å². The number of aliphatic hydroxyl groups excluding tert-OH is 1. The number of nitrogens with one attached hydrogen (secondary N) is 2. The molecule has 3 N–H and O–H groups in total. The van der Waals surface area contributed by atoms with Crippen LogP contribution in [0.25, 0.3) is 0 Å². The maximum absolute atomic E-state index is 13.8. The molecule has 2 bridgehead atoms. The van der Waals surface area contributed by atoms with Gasteiger partial charge in [-0.1, -0.05) is 27.2 Å². The minimum atomic E-state index is -0.673. The Morgan fingerprint density at radius 1 is 1.31 bits per heavy atom. The zero-order valence-electron chi connectivity index (χ0n) is 18.3. The summed E-state index contributed by atoms with van der Waals surface area (Å²) in [5.41, 5.74) is 0. The molecule has 3 heterocycles. The average molecular weight is 426 g/mol.